The Bertz CT molecular complexity index is 1090. The molecule has 0 spiro atoms. The summed E-state index contributed by atoms with van der Waals surface area (Å²) in [4.78, 5) is 16.3. The van der Waals surface area contributed by atoms with E-state index in [9.17, 15) is 17.6 Å². The molecular weight excluding hydrogens is 453 g/mol. The van der Waals surface area contributed by atoms with Crippen LogP contribution in [0.4, 0.5) is 10.1 Å². The lowest BCUT2D eigenvalue weighted by Crippen LogP contribution is -2.48. The molecule has 170 valence electrons. The Kier molecular flexibility index (Phi) is 7.71. The highest BCUT2D eigenvalue weighted by molar-refractivity contribution is 7.89. The van der Waals surface area contributed by atoms with E-state index in [1.165, 1.54) is 39.5 Å². The average molecular weight is 478 g/mol. The molecule has 1 aliphatic heterocycles. The maximum atomic E-state index is 13.3. The van der Waals surface area contributed by atoms with Crippen LogP contribution in [0.1, 0.15) is 10.4 Å². The van der Waals surface area contributed by atoms with Crippen LogP contribution in [0, 0.1) is 5.82 Å². The smallest absolute Gasteiger partial charge is 0.254 e. The van der Waals surface area contributed by atoms with Crippen molar-refractivity contribution < 1.29 is 17.6 Å². The van der Waals surface area contributed by atoms with Gasteiger partial charge < -0.3 is 9.80 Å². The van der Waals surface area contributed by atoms with Gasteiger partial charge in [-0.3, -0.25) is 4.79 Å². The highest BCUT2D eigenvalue weighted by Gasteiger charge is 2.31. The molecule has 3 rings (SSSR count). The van der Waals surface area contributed by atoms with Gasteiger partial charge in [-0.05, 0) is 42.5 Å². The van der Waals surface area contributed by atoms with E-state index in [0.29, 0.717) is 26.2 Å². The van der Waals surface area contributed by atoms with E-state index >= 15 is 0 Å². The van der Waals surface area contributed by atoms with Crippen LogP contribution in [-0.2, 0) is 10.0 Å². The minimum absolute atomic E-state index is 0.0569. The summed E-state index contributed by atoms with van der Waals surface area (Å²) in [6, 6.07) is 10.4. The maximum absolute atomic E-state index is 13.3. The van der Waals surface area contributed by atoms with Crippen LogP contribution in [0.15, 0.2) is 72.7 Å². The summed E-state index contributed by atoms with van der Waals surface area (Å²) in [5, 5.41) is 0.0569. The standard InChI is InChI=1S/C23H25ClFN3O3S/c1-3-11-27(12-4-2)23(29)18-5-10-21(24)22(17-18)32(30,31)28-15-13-26(14-16-28)20-8-6-19(25)7-9-20/h3-10,17H,1-2,11-16H2. The minimum atomic E-state index is -3.91. The number of hydrogen-bond acceptors (Lipinski definition) is 4. The van der Waals surface area contributed by atoms with E-state index in [1.54, 1.807) is 24.3 Å². The normalized spacial score (nSPS) is 14.8. The molecule has 2 aromatic rings. The summed E-state index contributed by atoms with van der Waals surface area (Å²) in [6.07, 6.45) is 3.19. The summed E-state index contributed by atoms with van der Waals surface area (Å²) >= 11 is 6.24. The predicted molar refractivity (Wildman–Crippen MR) is 125 cm³/mol. The van der Waals surface area contributed by atoms with E-state index in [0.717, 1.165) is 5.69 Å². The van der Waals surface area contributed by atoms with Crippen LogP contribution in [0.25, 0.3) is 0 Å². The number of piperazine rings is 1. The highest BCUT2D eigenvalue weighted by Crippen LogP contribution is 2.28. The van der Waals surface area contributed by atoms with Gasteiger partial charge in [-0.25, -0.2) is 12.8 Å². The number of hydrogen-bond donors (Lipinski definition) is 0. The van der Waals surface area contributed by atoms with Crippen molar-refractivity contribution in [2.45, 2.75) is 4.90 Å². The molecule has 1 aliphatic rings. The van der Waals surface area contributed by atoms with Gasteiger partial charge in [-0.15, -0.1) is 13.2 Å². The number of halogens is 2. The van der Waals surface area contributed by atoms with Crippen molar-refractivity contribution in [3.8, 4) is 0 Å². The molecule has 32 heavy (non-hydrogen) atoms. The molecule has 0 aromatic heterocycles. The largest absolute Gasteiger partial charge is 0.369 e. The summed E-state index contributed by atoms with van der Waals surface area (Å²) in [5.74, 6) is -0.655. The van der Waals surface area contributed by atoms with E-state index in [4.69, 9.17) is 11.6 Å². The lowest BCUT2D eigenvalue weighted by Gasteiger charge is -2.35. The second-order valence-corrected chi connectivity index (χ2v) is 9.61. The van der Waals surface area contributed by atoms with E-state index in [2.05, 4.69) is 13.2 Å². The van der Waals surface area contributed by atoms with Crippen molar-refractivity contribution >= 4 is 33.2 Å². The molecular formula is C23H25ClFN3O3S. The molecule has 0 saturated carbocycles. The average Bonchev–Trinajstić information content (AvgIpc) is 2.79. The Balaban J connectivity index is 1.80. The van der Waals surface area contributed by atoms with Gasteiger partial charge in [0.2, 0.25) is 10.0 Å². The molecule has 0 bridgehead atoms. The number of sulfonamides is 1. The number of benzene rings is 2. The Morgan fingerprint density at radius 2 is 1.62 bits per heavy atom. The molecule has 1 heterocycles. The van der Waals surface area contributed by atoms with Crippen LogP contribution in [0.5, 0.6) is 0 Å². The summed E-state index contributed by atoms with van der Waals surface area (Å²) in [6.45, 7) is 9.30. The van der Waals surface area contributed by atoms with Gasteiger partial charge in [0.1, 0.15) is 10.7 Å². The summed E-state index contributed by atoms with van der Waals surface area (Å²) < 4.78 is 41.1. The molecule has 0 radical (unpaired) electrons. The zero-order valence-electron chi connectivity index (χ0n) is 17.6. The number of rotatable bonds is 8. The quantitative estimate of drug-likeness (QED) is 0.542. The van der Waals surface area contributed by atoms with Crippen molar-refractivity contribution in [3.63, 3.8) is 0 Å². The van der Waals surface area contributed by atoms with Crippen LogP contribution in [-0.4, -0.2) is 62.8 Å². The molecule has 0 unspecified atom stereocenters. The number of carbonyl (C=O) groups is 1. The van der Waals surface area contributed by atoms with Gasteiger partial charge in [0, 0.05) is 50.5 Å². The highest BCUT2D eigenvalue weighted by atomic mass is 35.5. The number of nitrogens with zero attached hydrogens (tertiary/aromatic N) is 3. The topological polar surface area (TPSA) is 60.9 Å². The zero-order valence-corrected chi connectivity index (χ0v) is 19.2. The van der Waals surface area contributed by atoms with Gasteiger partial charge in [-0.2, -0.15) is 4.31 Å². The van der Waals surface area contributed by atoms with Crippen molar-refractivity contribution in [3.05, 3.63) is 84.2 Å². The zero-order chi connectivity index (χ0) is 23.3. The fourth-order valence-electron chi connectivity index (χ4n) is 3.55. The van der Waals surface area contributed by atoms with Gasteiger partial charge in [-0.1, -0.05) is 23.8 Å². The molecule has 2 aromatic carbocycles. The third-order valence-electron chi connectivity index (χ3n) is 5.21. The lowest BCUT2D eigenvalue weighted by molar-refractivity contribution is 0.0790. The Hall–Kier alpha value is -2.68. The Morgan fingerprint density at radius 3 is 2.19 bits per heavy atom. The van der Waals surface area contributed by atoms with Crippen LogP contribution in [0.3, 0.4) is 0 Å². The minimum Gasteiger partial charge on any atom is -0.369 e. The lowest BCUT2D eigenvalue weighted by atomic mass is 10.2. The second-order valence-electron chi connectivity index (χ2n) is 7.30. The number of anilines is 1. The molecule has 0 atom stereocenters. The first-order valence-electron chi connectivity index (χ1n) is 10.1. The van der Waals surface area contributed by atoms with Crippen molar-refractivity contribution in [1.29, 1.82) is 0 Å². The molecule has 0 aliphatic carbocycles. The van der Waals surface area contributed by atoms with Crippen molar-refractivity contribution in [2.24, 2.45) is 0 Å². The Morgan fingerprint density at radius 1 is 1.03 bits per heavy atom. The predicted octanol–water partition coefficient (Wildman–Crippen LogP) is 3.80. The third kappa shape index (κ3) is 5.20. The van der Waals surface area contributed by atoms with E-state index < -0.39 is 10.0 Å². The monoisotopic (exact) mass is 477 g/mol. The molecule has 0 N–H and O–H groups in total. The summed E-state index contributed by atoms with van der Waals surface area (Å²) in [5.41, 5.74) is 1.06. The first-order valence-corrected chi connectivity index (χ1v) is 11.9. The second kappa shape index (κ2) is 10.3. The fraction of sp³-hybridized carbons (Fsp3) is 0.261. The molecule has 1 fully saturated rings. The first-order chi connectivity index (χ1) is 15.3. The van der Waals surface area contributed by atoms with Crippen LogP contribution in [0.2, 0.25) is 5.02 Å². The molecule has 6 nitrogen and oxygen atoms in total. The SMILES string of the molecule is C=CCN(CC=C)C(=O)c1ccc(Cl)c(S(=O)(=O)N2CCN(c3ccc(F)cc3)CC2)c1. The molecule has 1 amide bonds. The van der Waals surface area contributed by atoms with Crippen molar-refractivity contribution in [1.82, 2.24) is 9.21 Å². The Labute approximate surface area is 193 Å². The van der Waals surface area contributed by atoms with Crippen molar-refractivity contribution in [2.75, 3.05) is 44.2 Å². The first kappa shape index (κ1) is 24.0. The van der Waals surface area contributed by atoms with E-state index in [1.807, 2.05) is 4.90 Å². The maximum Gasteiger partial charge on any atom is 0.254 e. The van der Waals surface area contributed by atoms with Gasteiger partial charge in [0.05, 0.1) is 5.02 Å². The molecule has 9 heteroatoms. The fourth-order valence-corrected chi connectivity index (χ4v) is 5.47. The van der Waals surface area contributed by atoms with Crippen LogP contribution >= 0.6 is 11.6 Å². The van der Waals surface area contributed by atoms with Gasteiger partial charge in [0.25, 0.3) is 5.91 Å². The number of amides is 1. The third-order valence-corrected chi connectivity index (χ3v) is 7.59. The van der Waals surface area contributed by atoms with Crippen LogP contribution < -0.4 is 4.90 Å². The number of carbonyl (C=O) groups excluding carboxylic acids is 1. The van der Waals surface area contributed by atoms with Gasteiger partial charge in [0.15, 0.2) is 0 Å². The molecule has 1 saturated heterocycles. The van der Waals surface area contributed by atoms with E-state index in [-0.39, 0.29) is 40.3 Å². The summed E-state index contributed by atoms with van der Waals surface area (Å²) in [7, 11) is -3.91. The van der Waals surface area contributed by atoms with Gasteiger partial charge >= 0.3 is 0 Å².